The minimum absolute atomic E-state index is 0.509. The second-order valence-corrected chi connectivity index (χ2v) is 5.82. The fourth-order valence-electron chi connectivity index (χ4n) is 1.37. The van der Waals surface area contributed by atoms with Crippen molar-refractivity contribution in [2.45, 2.75) is 28.2 Å². The van der Waals surface area contributed by atoms with Gasteiger partial charge in [-0.1, -0.05) is 17.8 Å². The van der Waals surface area contributed by atoms with E-state index in [0.29, 0.717) is 0 Å². The maximum absolute atomic E-state index is 11.0. The average molecular weight is 214 g/mol. The Kier molecular flexibility index (Phi) is 2.34. The molecule has 0 aliphatic heterocycles. The minimum atomic E-state index is -0.655. The van der Waals surface area contributed by atoms with Crippen LogP contribution in [0.1, 0.15) is 19.3 Å². The van der Waals surface area contributed by atoms with Crippen LogP contribution < -0.4 is 0 Å². The van der Waals surface area contributed by atoms with Gasteiger partial charge in [-0.2, -0.15) is 0 Å². The summed E-state index contributed by atoms with van der Waals surface area (Å²) in [5.41, 5.74) is 0. The predicted octanol–water partition coefficient (Wildman–Crippen LogP) is 2.85. The highest BCUT2D eigenvalue weighted by molar-refractivity contribution is 8.03. The highest BCUT2D eigenvalue weighted by Gasteiger charge is 2.45. The molecular weight excluding hydrogens is 204 g/mol. The van der Waals surface area contributed by atoms with E-state index in [1.54, 1.807) is 11.3 Å². The number of rotatable bonds is 3. The maximum Gasteiger partial charge on any atom is 0.320 e. The van der Waals surface area contributed by atoms with Gasteiger partial charge < -0.3 is 5.11 Å². The van der Waals surface area contributed by atoms with Crippen LogP contribution in [-0.2, 0) is 4.79 Å². The Hall–Kier alpha value is -0.480. The molecule has 0 atom stereocenters. The lowest BCUT2D eigenvalue weighted by molar-refractivity contribution is -0.142. The summed E-state index contributed by atoms with van der Waals surface area (Å²) in [7, 11) is 0. The lowest BCUT2D eigenvalue weighted by Crippen LogP contribution is -2.41. The number of carboxylic acids is 1. The normalized spacial score (nSPS) is 19.4. The van der Waals surface area contributed by atoms with Gasteiger partial charge in [0.15, 0.2) is 0 Å². The molecule has 1 saturated carbocycles. The lowest BCUT2D eigenvalue weighted by atomic mass is 9.84. The van der Waals surface area contributed by atoms with E-state index in [2.05, 4.69) is 0 Å². The fourth-order valence-corrected chi connectivity index (χ4v) is 3.77. The van der Waals surface area contributed by atoms with E-state index in [1.807, 2.05) is 17.5 Å². The van der Waals surface area contributed by atoms with E-state index in [4.69, 9.17) is 5.11 Å². The quantitative estimate of drug-likeness (QED) is 0.840. The van der Waals surface area contributed by atoms with E-state index in [1.165, 1.54) is 11.8 Å². The molecule has 1 aromatic rings. The van der Waals surface area contributed by atoms with Crippen molar-refractivity contribution in [3.05, 3.63) is 17.5 Å². The molecular formula is C9H10O2S2. The average Bonchev–Trinajstić information content (AvgIpc) is 2.47. The first-order chi connectivity index (χ1) is 6.23. The third-order valence-electron chi connectivity index (χ3n) is 2.34. The van der Waals surface area contributed by atoms with Gasteiger partial charge in [0.2, 0.25) is 0 Å². The number of carboxylic acid groups (broad SMARTS) is 1. The summed E-state index contributed by atoms with van der Waals surface area (Å²) < 4.78 is 0.604. The van der Waals surface area contributed by atoms with Crippen molar-refractivity contribution in [2.75, 3.05) is 0 Å². The van der Waals surface area contributed by atoms with Crippen LogP contribution in [0.4, 0.5) is 0 Å². The summed E-state index contributed by atoms with van der Waals surface area (Å²) in [5.74, 6) is -0.655. The highest BCUT2D eigenvalue weighted by atomic mass is 32.2. The van der Waals surface area contributed by atoms with Crippen molar-refractivity contribution in [3.8, 4) is 0 Å². The van der Waals surface area contributed by atoms with Crippen LogP contribution in [-0.4, -0.2) is 15.8 Å². The SMILES string of the molecule is O=C(O)C1(Sc2cccs2)CCC1. The van der Waals surface area contributed by atoms with Crippen LogP contribution in [0.3, 0.4) is 0 Å². The van der Waals surface area contributed by atoms with E-state index < -0.39 is 10.7 Å². The van der Waals surface area contributed by atoms with Crippen molar-refractivity contribution in [1.82, 2.24) is 0 Å². The van der Waals surface area contributed by atoms with Crippen molar-refractivity contribution < 1.29 is 9.90 Å². The monoisotopic (exact) mass is 214 g/mol. The van der Waals surface area contributed by atoms with Gasteiger partial charge in [0.25, 0.3) is 0 Å². The Bertz CT molecular complexity index is 301. The molecule has 1 aromatic heterocycles. The molecule has 0 aromatic carbocycles. The van der Waals surface area contributed by atoms with E-state index >= 15 is 0 Å². The lowest BCUT2D eigenvalue weighted by Gasteiger charge is -2.36. The Labute approximate surface area is 85.0 Å². The molecule has 2 rings (SSSR count). The number of aliphatic carboxylic acids is 1. The molecule has 70 valence electrons. The summed E-state index contributed by atoms with van der Waals surface area (Å²) in [5, 5.41) is 11.0. The Morgan fingerprint density at radius 2 is 2.38 bits per heavy atom. The van der Waals surface area contributed by atoms with Gasteiger partial charge in [-0.3, -0.25) is 4.79 Å². The second kappa shape index (κ2) is 3.35. The van der Waals surface area contributed by atoms with Gasteiger partial charge in [-0.15, -0.1) is 11.3 Å². The summed E-state index contributed by atoms with van der Waals surface area (Å²) >= 11 is 3.13. The maximum atomic E-state index is 11.0. The van der Waals surface area contributed by atoms with Gasteiger partial charge in [0.1, 0.15) is 4.75 Å². The molecule has 1 N–H and O–H groups in total. The second-order valence-electron chi connectivity index (χ2n) is 3.19. The standard InChI is InChI=1S/C9H10O2S2/c10-8(11)9(4-2-5-9)13-7-3-1-6-12-7/h1,3,6H,2,4-5H2,(H,10,11). The molecule has 1 aliphatic carbocycles. The van der Waals surface area contributed by atoms with Crippen LogP contribution in [0.15, 0.2) is 21.7 Å². The molecule has 2 nitrogen and oxygen atoms in total. The molecule has 1 fully saturated rings. The zero-order chi connectivity index (χ0) is 9.31. The number of thiophene rings is 1. The summed E-state index contributed by atoms with van der Waals surface area (Å²) in [6, 6.07) is 3.94. The van der Waals surface area contributed by atoms with E-state index in [-0.39, 0.29) is 0 Å². The highest BCUT2D eigenvalue weighted by Crippen LogP contribution is 2.48. The van der Waals surface area contributed by atoms with Crippen molar-refractivity contribution in [2.24, 2.45) is 0 Å². The molecule has 0 spiro atoms. The van der Waals surface area contributed by atoms with Gasteiger partial charge in [0.05, 0.1) is 4.21 Å². The molecule has 0 saturated heterocycles. The predicted molar refractivity (Wildman–Crippen MR) is 54.4 cm³/mol. The Morgan fingerprint density at radius 1 is 1.62 bits per heavy atom. The van der Waals surface area contributed by atoms with Crippen molar-refractivity contribution in [1.29, 1.82) is 0 Å². The zero-order valence-electron chi connectivity index (χ0n) is 7.03. The topological polar surface area (TPSA) is 37.3 Å². The van der Waals surface area contributed by atoms with E-state index in [0.717, 1.165) is 23.5 Å². The molecule has 13 heavy (non-hydrogen) atoms. The summed E-state index contributed by atoms with van der Waals surface area (Å²) in [6.07, 6.45) is 2.67. The van der Waals surface area contributed by atoms with Crippen LogP contribution in [0.25, 0.3) is 0 Å². The number of hydrogen-bond donors (Lipinski definition) is 1. The van der Waals surface area contributed by atoms with E-state index in [9.17, 15) is 4.79 Å². The van der Waals surface area contributed by atoms with Crippen LogP contribution in [0.5, 0.6) is 0 Å². The first kappa shape index (κ1) is 9.09. The summed E-state index contributed by atoms with van der Waals surface area (Å²) in [6.45, 7) is 0. The van der Waals surface area contributed by atoms with Gasteiger partial charge in [-0.05, 0) is 30.7 Å². The van der Waals surface area contributed by atoms with Crippen molar-refractivity contribution in [3.63, 3.8) is 0 Å². The molecule has 0 radical (unpaired) electrons. The molecule has 1 aliphatic rings. The van der Waals surface area contributed by atoms with Gasteiger partial charge in [0, 0.05) is 0 Å². The van der Waals surface area contributed by atoms with Crippen LogP contribution in [0, 0.1) is 0 Å². The third-order valence-corrected chi connectivity index (χ3v) is 4.85. The molecule has 0 unspecified atom stereocenters. The zero-order valence-corrected chi connectivity index (χ0v) is 8.66. The Balaban J connectivity index is 2.11. The van der Waals surface area contributed by atoms with Gasteiger partial charge >= 0.3 is 5.97 Å². The molecule has 4 heteroatoms. The largest absolute Gasteiger partial charge is 0.480 e. The minimum Gasteiger partial charge on any atom is -0.480 e. The first-order valence-corrected chi connectivity index (χ1v) is 5.88. The van der Waals surface area contributed by atoms with Crippen LogP contribution in [0.2, 0.25) is 0 Å². The molecule has 0 bridgehead atoms. The molecule has 0 amide bonds. The first-order valence-electron chi connectivity index (χ1n) is 4.19. The Morgan fingerprint density at radius 3 is 2.77 bits per heavy atom. The third kappa shape index (κ3) is 1.60. The molecule has 1 heterocycles. The number of hydrogen-bond acceptors (Lipinski definition) is 3. The smallest absolute Gasteiger partial charge is 0.320 e. The fraction of sp³-hybridized carbons (Fsp3) is 0.444. The van der Waals surface area contributed by atoms with Crippen LogP contribution >= 0.6 is 23.1 Å². The number of carbonyl (C=O) groups is 1. The van der Waals surface area contributed by atoms with Gasteiger partial charge in [-0.25, -0.2) is 0 Å². The summed E-state index contributed by atoms with van der Waals surface area (Å²) in [4.78, 5) is 11.0. The van der Waals surface area contributed by atoms with Crippen molar-refractivity contribution >= 4 is 29.1 Å². The number of thioether (sulfide) groups is 1.